The van der Waals surface area contributed by atoms with E-state index in [2.05, 4.69) is 15.5 Å². The summed E-state index contributed by atoms with van der Waals surface area (Å²) in [6.45, 7) is 13.4. The van der Waals surface area contributed by atoms with Crippen LogP contribution in [0.1, 0.15) is 54.6 Å². The number of hydrogen-bond acceptors (Lipinski definition) is 5. The van der Waals surface area contributed by atoms with Gasteiger partial charge in [0.1, 0.15) is 0 Å². The molecule has 184 valence electrons. The summed E-state index contributed by atoms with van der Waals surface area (Å²) in [7, 11) is 0. The molecule has 0 spiro atoms. The van der Waals surface area contributed by atoms with E-state index < -0.39 is 0 Å². The summed E-state index contributed by atoms with van der Waals surface area (Å²) in [6.07, 6.45) is 0. The Hall–Kier alpha value is -3.07. The van der Waals surface area contributed by atoms with Gasteiger partial charge in [-0.1, -0.05) is 6.07 Å². The Labute approximate surface area is 205 Å². The van der Waals surface area contributed by atoms with Crippen LogP contribution in [0.25, 0.3) is 0 Å². The molecule has 1 aliphatic heterocycles. The quantitative estimate of drug-likeness (QED) is 0.645. The molecular weight excluding hydrogens is 450 g/mol. The normalized spacial score (nSPS) is 14.0. The van der Waals surface area contributed by atoms with Gasteiger partial charge in [-0.25, -0.2) is 4.79 Å². The molecule has 0 atom stereocenters. The fourth-order valence-corrected chi connectivity index (χ4v) is 4.51. The summed E-state index contributed by atoms with van der Waals surface area (Å²) in [4.78, 5) is 44.8. The van der Waals surface area contributed by atoms with E-state index in [0.29, 0.717) is 55.4 Å². The summed E-state index contributed by atoms with van der Waals surface area (Å²) in [5.41, 5.74) is 1.67. The lowest BCUT2D eigenvalue weighted by Gasteiger charge is -2.38. The Balaban J connectivity index is 1.81. The van der Waals surface area contributed by atoms with E-state index in [1.807, 2.05) is 63.1 Å². The monoisotopic (exact) mass is 485 g/mol. The molecule has 8 nitrogen and oxygen atoms in total. The van der Waals surface area contributed by atoms with E-state index in [1.54, 1.807) is 17.0 Å². The van der Waals surface area contributed by atoms with Crippen LogP contribution in [-0.2, 0) is 0 Å². The van der Waals surface area contributed by atoms with E-state index in [9.17, 15) is 14.4 Å². The van der Waals surface area contributed by atoms with Crippen LogP contribution in [0.5, 0.6) is 0 Å². The Bertz CT molecular complexity index is 1000. The summed E-state index contributed by atoms with van der Waals surface area (Å²) in [6, 6.07) is 9.02. The fraction of sp³-hybridized carbons (Fsp3) is 0.480. The molecule has 1 aromatic heterocycles. The van der Waals surface area contributed by atoms with Crippen molar-refractivity contribution in [3.8, 4) is 0 Å². The number of piperazine rings is 1. The van der Waals surface area contributed by atoms with Crippen molar-refractivity contribution in [1.29, 1.82) is 0 Å². The van der Waals surface area contributed by atoms with Crippen LogP contribution in [0.2, 0.25) is 0 Å². The number of nitrogens with one attached hydrogen (secondary N) is 2. The Morgan fingerprint density at radius 1 is 1.03 bits per heavy atom. The molecule has 0 saturated carbocycles. The molecule has 9 heteroatoms. The third-order valence-corrected chi connectivity index (χ3v) is 6.54. The maximum atomic E-state index is 13.4. The molecule has 34 heavy (non-hydrogen) atoms. The van der Waals surface area contributed by atoms with Crippen LogP contribution in [0.15, 0.2) is 35.7 Å². The number of benzene rings is 1. The molecule has 1 saturated heterocycles. The number of urea groups is 1. The molecule has 2 N–H and O–H groups in total. The molecule has 1 aliphatic rings. The van der Waals surface area contributed by atoms with E-state index in [-0.39, 0.29) is 23.4 Å². The first kappa shape index (κ1) is 25.6. The number of thiophene rings is 1. The second-order valence-electron chi connectivity index (χ2n) is 9.30. The van der Waals surface area contributed by atoms with Gasteiger partial charge in [0.15, 0.2) is 0 Å². The number of carbonyl (C=O) groups is 3. The van der Waals surface area contributed by atoms with Crippen LogP contribution in [0.3, 0.4) is 0 Å². The third-order valence-electron chi connectivity index (χ3n) is 5.67. The lowest BCUT2D eigenvalue weighted by atomic mass is 10.1. The van der Waals surface area contributed by atoms with Gasteiger partial charge in [0, 0.05) is 56.2 Å². The zero-order valence-electron chi connectivity index (χ0n) is 20.7. The SMILES string of the molecule is CCN(CC)C(=O)c1cc(NC(=O)c2cccs2)ccc1N1CCN(C(=O)NC(C)(C)C)CC1. The highest BCUT2D eigenvalue weighted by molar-refractivity contribution is 7.12. The number of amides is 4. The van der Waals surface area contributed by atoms with Crippen molar-refractivity contribution < 1.29 is 14.4 Å². The van der Waals surface area contributed by atoms with Gasteiger partial charge in [0.25, 0.3) is 11.8 Å². The standard InChI is InChI=1S/C25H35N5O3S/c1-6-28(7-2)23(32)19-17-18(26-22(31)21-9-8-16-34-21)10-11-20(19)29-12-14-30(15-13-29)24(33)27-25(3,4)5/h8-11,16-17H,6-7,12-15H2,1-5H3,(H,26,31)(H,27,33). The fourth-order valence-electron chi connectivity index (χ4n) is 3.89. The van der Waals surface area contributed by atoms with Crippen molar-refractivity contribution in [2.24, 2.45) is 0 Å². The van der Waals surface area contributed by atoms with Gasteiger partial charge in [0.2, 0.25) is 0 Å². The average molecular weight is 486 g/mol. The van der Waals surface area contributed by atoms with E-state index >= 15 is 0 Å². The molecule has 1 fully saturated rings. The largest absolute Gasteiger partial charge is 0.367 e. The summed E-state index contributed by atoms with van der Waals surface area (Å²) >= 11 is 1.37. The van der Waals surface area contributed by atoms with E-state index in [1.165, 1.54) is 11.3 Å². The molecule has 3 rings (SSSR count). The lowest BCUT2D eigenvalue weighted by Crippen LogP contribution is -2.55. The molecule has 1 aromatic carbocycles. The van der Waals surface area contributed by atoms with Crippen LogP contribution in [0, 0.1) is 0 Å². The van der Waals surface area contributed by atoms with Crippen LogP contribution in [-0.4, -0.2) is 72.5 Å². The van der Waals surface area contributed by atoms with Gasteiger partial charge in [0.05, 0.1) is 10.4 Å². The maximum Gasteiger partial charge on any atom is 0.317 e. The number of anilines is 2. The summed E-state index contributed by atoms with van der Waals surface area (Å²) in [5.74, 6) is -0.261. The predicted molar refractivity (Wildman–Crippen MR) is 138 cm³/mol. The number of rotatable bonds is 6. The van der Waals surface area contributed by atoms with Gasteiger partial charge in [-0.2, -0.15) is 0 Å². The minimum atomic E-state index is -0.291. The van der Waals surface area contributed by atoms with Gasteiger partial charge in [-0.05, 0) is 64.3 Å². The van der Waals surface area contributed by atoms with E-state index in [4.69, 9.17) is 0 Å². The van der Waals surface area contributed by atoms with Gasteiger partial charge in [-0.15, -0.1) is 11.3 Å². The van der Waals surface area contributed by atoms with Crippen molar-refractivity contribution >= 4 is 40.6 Å². The van der Waals surface area contributed by atoms with Gasteiger partial charge < -0.3 is 25.3 Å². The van der Waals surface area contributed by atoms with Crippen molar-refractivity contribution in [2.45, 2.75) is 40.2 Å². The van der Waals surface area contributed by atoms with Crippen LogP contribution in [0.4, 0.5) is 16.2 Å². The van der Waals surface area contributed by atoms with Crippen molar-refractivity contribution in [3.05, 3.63) is 46.2 Å². The summed E-state index contributed by atoms with van der Waals surface area (Å²) < 4.78 is 0. The number of hydrogen-bond donors (Lipinski definition) is 2. The maximum absolute atomic E-state index is 13.4. The second kappa shape index (κ2) is 10.9. The first-order valence-corrected chi connectivity index (χ1v) is 12.6. The molecule has 2 aromatic rings. The molecule has 4 amide bonds. The zero-order chi connectivity index (χ0) is 24.9. The molecule has 0 bridgehead atoms. The Kier molecular flexibility index (Phi) is 8.19. The van der Waals surface area contributed by atoms with Crippen molar-refractivity contribution in [3.63, 3.8) is 0 Å². The number of carbonyl (C=O) groups excluding carboxylic acids is 3. The molecule has 0 radical (unpaired) electrons. The Morgan fingerprint density at radius 2 is 1.71 bits per heavy atom. The van der Waals surface area contributed by atoms with Gasteiger partial charge in [-0.3, -0.25) is 9.59 Å². The van der Waals surface area contributed by atoms with Crippen LogP contribution < -0.4 is 15.5 Å². The highest BCUT2D eigenvalue weighted by Gasteiger charge is 2.27. The number of nitrogens with zero attached hydrogens (tertiary/aromatic N) is 3. The third kappa shape index (κ3) is 6.28. The van der Waals surface area contributed by atoms with Crippen LogP contribution >= 0.6 is 11.3 Å². The van der Waals surface area contributed by atoms with Gasteiger partial charge >= 0.3 is 6.03 Å². The summed E-state index contributed by atoms with van der Waals surface area (Å²) in [5, 5.41) is 7.77. The molecular formula is C25H35N5O3S. The predicted octanol–water partition coefficient (Wildman–Crippen LogP) is 4.11. The van der Waals surface area contributed by atoms with Crippen molar-refractivity contribution in [1.82, 2.24) is 15.1 Å². The van der Waals surface area contributed by atoms with E-state index in [0.717, 1.165) is 5.69 Å². The average Bonchev–Trinajstić information content (AvgIpc) is 3.34. The second-order valence-corrected chi connectivity index (χ2v) is 10.2. The topological polar surface area (TPSA) is 85.0 Å². The highest BCUT2D eigenvalue weighted by atomic mass is 32.1. The molecule has 0 aliphatic carbocycles. The van der Waals surface area contributed by atoms with Crippen molar-refractivity contribution in [2.75, 3.05) is 49.5 Å². The lowest BCUT2D eigenvalue weighted by molar-refractivity contribution is 0.0773. The molecule has 2 heterocycles. The first-order valence-electron chi connectivity index (χ1n) is 11.7. The minimum absolute atomic E-state index is 0.0693. The minimum Gasteiger partial charge on any atom is -0.367 e. The molecule has 0 unspecified atom stereocenters. The zero-order valence-corrected chi connectivity index (χ0v) is 21.5. The Morgan fingerprint density at radius 3 is 2.26 bits per heavy atom. The smallest absolute Gasteiger partial charge is 0.317 e. The highest BCUT2D eigenvalue weighted by Crippen LogP contribution is 2.28. The first-order chi connectivity index (χ1) is 16.1.